The lowest BCUT2D eigenvalue weighted by Gasteiger charge is -2.10. The SMILES string of the molecule is Cc1cc(C(=O)NCCOC(C)C)cc(S(N)(=O)=O)c1F. The highest BCUT2D eigenvalue weighted by atomic mass is 32.2. The van der Waals surface area contributed by atoms with Crippen LogP contribution in [0.15, 0.2) is 17.0 Å². The second-order valence-corrected chi connectivity index (χ2v) is 6.36. The van der Waals surface area contributed by atoms with Crippen molar-refractivity contribution in [1.29, 1.82) is 0 Å². The number of carbonyl (C=O) groups is 1. The first-order chi connectivity index (χ1) is 9.62. The van der Waals surface area contributed by atoms with Gasteiger partial charge in [0, 0.05) is 12.1 Å². The Hall–Kier alpha value is -1.51. The standard InChI is InChI=1S/C13H19FN2O4S/c1-8(2)20-5-4-16-13(17)10-6-9(3)12(14)11(7-10)21(15,18)19/h6-8H,4-5H2,1-3H3,(H,16,17)(H2,15,18,19). The normalized spacial score (nSPS) is 11.7. The van der Waals surface area contributed by atoms with E-state index in [9.17, 15) is 17.6 Å². The van der Waals surface area contributed by atoms with Gasteiger partial charge < -0.3 is 10.1 Å². The van der Waals surface area contributed by atoms with Crippen molar-refractivity contribution in [3.05, 3.63) is 29.1 Å². The summed E-state index contributed by atoms with van der Waals surface area (Å²) in [6.45, 7) is 5.68. The number of benzene rings is 1. The van der Waals surface area contributed by atoms with E-state index in [2.05, 4.69) is 5.32 Å². The fourth-order valence-corrected chi connectivity index (χ4v) is 2.34. The zero-order chi connectivity index (χ0) is 16.2. The lowest BCUT2D eigenvalue weighted by Crippen LogP contribution is -2.28. The van der Waals surface area contributed by atoms with Crippen molar-refractivity contribution < 1.29 is 22.3 Å². The monoisotopic (exact) mass is 318 g/mol. The predicted molar refractivity (Wildman–Crippen MR) is 75.9 cm³/mol. The third-order valence-corrected chi connectivity index (χ3v) is 3.54. The number of nitrogens with one attached hydrogen (secondary N) is 1. The number of sulfonamides is 1. The van der Waals surface area contributed by atoms with Gasteiger partial charge in [-0.3, -0.25) is 4.79 Å². The Morgan fingerprint density at radius 1 is 1.43 bits per heavy atom. The Labute approximate surface area is 123 Å². The number of hydrogen-bond donors (Lipinski definition) is 2. The van der Waals surface area contributed by atoms with Gasteiger partial charge in [0.1, 0.15) is 10.7 Å². The van der Waals surface area contributed by atoms with Gasteiger partial charge in [0.2, 0.25) is 10.0 Å². The van der Waals surface area contributed by atoms with Crippen LogP contribution in [0.4, 0.5) is 4.39 Å². The Morgan fingerprint density at radius 3 is 2.57 bits per heavy atom. The molecule has 1 rings (SSSR count). The summed E-state index contributed by atoms with van der Waals surface area (Å²) >= 11 is 0. The van der Waals surface area contributed by atoms with Crippen LogP contribution in [0.3, 0.4) is 0 Å². The summed E-state index contributed by atoms with van der Waals surface area (Å²) in [5.41, 5.74) is 0.0626. The molecule has 0 aliphatic carbocycles. The molecule has 0 atom stereocenters. The van der Waals surface area contributed by atoms with Crippen LogP contribution in [0.1, 0.15) is 29.8 Å². The molecule has 0 bridgehead atoms. The van der Waals surface area contributed by atoms with Crippen LogP contribution in [0, 0.1) is 12.7 Å². The highest BCUT2D eigenvalue weighted by molar-refractivity contribution is 7.89. The van der Waals surface area contributed by atoms with E-state index in [4.69, 9.17) is 9.88 Å². The second-order valence-electron chi connectivity index (χ2n) is 4.83. The van der Waals surface area contributed by atoms with Gasteiger partial charge in [0.05, 0.1) is 12.7 Å². The molecule has 0 unspecified atom stereocenters. The molecule has 6 nitrogen and oxygen atoms in total. The number of rotatable bonds is 6. The van der Waals surface area contributed by atoms with Crippen molar-refractivity contribution in [2.45, 2.75) is 31.8 Å². The van der Waals surface area contributed by atoms with Crippen molar-refractivity contribution in [2.75, 3.05) is 13.2 Å². The van der Waals surface area contributed by atoms with Gasteiger partial charge in [-0.1, -0.05) is 0 Å². The summed E-state index contributed by atoms with van der Waals surface area (Å²) in [7, 11) is -4.23. The van der Waals surface area contributed by atoms with Gasteiger partial charge >= 0.3 is 0 Å². The molecule has 0 heterocycles. The fourth-order valence-electron chi connectivity index (χ4n) is 1.64. The number of carbonyl (C=O) groups excluding carboxylic acids is 1. The molecule has 0 aromatic heterocycles. The van der Waals surface area contributed by atoms with Crippen molar-refractivity contribution in [1.82, 2.24) is 5.32 Å². The number of hydrogen-bond acceptors (Lipinski definition) is 4. The maximum Gasteiger partial charge on any atom is 0.251 e. The number of amides is 1. The van der Waals surface area contributed by atoms with Crippen molar-refractivity contribution in [3.63, 3.8) is 0 Å². The molecule has 0 saturated heterocycles. The lowest BCUT2D eigenvalue weighted by molar-refractivity contribution is 0.0746. The van der Waals surface area contributed by atoms with Crippen LogP contribution < -0.4 is 10.5 Å². The van der Waals surface area contributed by atoms with Crippen LogP contribution in [-0.2, 0) is 14.8 Å². The lowest BCUT2D eigenvalue weighted by atomic mass is 10.1. The maximum atomic E-state index is 13.7. The molecule has 0 fully saturated rings. The topological polar surface area (TPSA) is 98.5 Å². The van der Waals surface area contributed by atoms with E-state index in [0.29, 0.717) is 6.61 Å². The van der Waals surface area contributed by atoms with Gasteiger partial charge in [0.25, 0.3) is 5.91 Å². The largest absolute Gasteiger partial charge is 0.377 e. The zero-order valence-electron chi connectivity index (χ0n) is 12.1. The molecular formula is C13H19FN2O4S. The van der Waals surface area contributed by atoms with E-state index in [-0.39, 0.29) is 23.8 Å². The molecule has 3 N–H and O–H groups in total. The molecule has 0 aliphatic rings. The van der Waals surface area contributed by atoms with Crippen molar-refractivity contribution in [2.24, 2.45) is 5.14 Å². The summed E-state index contributed by atoms with van der Waals surface area (Å²) in [5, 5.41) is 7.49. The Balaban J connectivity index is 2.89. The van der Waals surface area contributed by atoms with E-state index >= 15 is 0 Å². The Bertz CT molecular complexity index is 629. The molecule has 1 aromatic rings. The van der Waals surface area contributed by atoms with Crippen LogP contribution in [0.2, 0.25) is 0 Å². The first-order valence-corrected chi connectivity index (χ1v) is 7.90. The number of nitrogens with two attached hydrogens (primary N) is 1. The highest BCUT2D eigenvalue weighted by Crippen LogP contribution is 2.19. The van der Waals surface area contributed by atoms with E-state index in [1.54, 1.807) is 0 Å². The van der Waals surface area contributed by atoms with Crippen molar-refractivity contribution in [3.8, 4) is 0 Å². The minimum absolute atomic E-state index is 0.0301. The summed E-state index contributed by atoms with van der Waals surface area (Å²) in [5.74, 6) is -1.47. The predicted octanol–water partition coefficient (Wildman–Crippen LogP) is 0.936. The smallest absolute Gasteiger partial charge is 0.251 e. The van der Waals surface area contributed by atoms with Crippen LogP contribution in [0.25, 0.3) is 0 Å². The molecule has 118 valence electrons. The average molecular weight is 318 g/mol. The van der Waals surface area contributed by atoms with E-state index in [1.165, 1.54) is 13.0 Å². The van der Waals surface area contributed by atoms with E-state index in [1.807, 2.05) is 13.8 Å². The molecule has 1 aromatic carbocycles. The molecular weight excluding hydrogens is 299 g/mol. The number of halogens is 1. The zero-order valence-corrected chi connectivity index (χ0v) is 13.0. The molecule has 21 heavy (non-hydrogen) atoms. The minimum atomic E-state index is -4.23. The molecule has 0 saturated carbocycles. The van der Waals surface area contributed by atoms with E-state index in [0.717, 1.165) is 6.07 Å². The van der Waals surface area contributed by atoms with Crippen LogP contribution in [0.5, 0.6) is 0 Å². The molecule has 0 aliphatic heterocycles. The molecule has 8 heteroatoms. The first kappa shape index (κ1) is 17.5. The van der Waals surface area contributed by atoms with Gasteiger partial charge in [0.15, 0.2) is 0 Å². The van der Waals surface area contributed by atoms with Crippen molar-refractivity contribution >= 4 is 15.9 Å². The number of ether oxygens (including phenoxy) is 1. The highest BCUT2D eigenvalue weighted by Gasteiger charge is 2.19. The Morgan fingerprint density at radius 2 is 2.05 bits per heavy atom. The third kappa shape index (κ3) is 5.07. The fraction of sp³-hybridized carbons (Fsp3) is 0.462. The average Bonchev–Trinajstić information content (AvgIpc) is 2.35. The van der Waals surface area contributed by atoms with Crippen LogP contribution in [-0.4, -0.2) is 33.6 Å². The van der Waals surface area contributed by atoms with Gasteiger partial charge in [-0.25, -0.2) is 17.9 Å². The minimum Gasteiger partial charge on any atom is -0.377 e. The van der Waals surface area contributed by atoms with Gasteiger partial charge in [-0.05, 0) is 38.5 Å². The molecule has 0 spiro atoms. The summed E-state index contributed by atoms with van der Waals surface area (Å²) in [6, 6.07) is 2.19. The van der Waals surface area contributed by atoms with E-state index < -0.39 is 26.6 Å². The maximum absolute atomic E-state index is 13.7. The molecule has 1 amide bonds. The quantitative estimate of drug-likeness (QED) is 0.762. The summed E-state index contributed by atoms with van der Waals surface area (Å²) in [6.07, 6.45) is 0.0453. The number of aryl methyl sites for hydroxylation is 1. The second kappa shape index (κ2) is 6.97. The third-order valence-electron chi connectivity index (χ3n) is 2.63. The van der Waals surface area contributed by atoms with Gasteiger partial charge in [-0.15, -0.1) is 0 Å². The Kier molecular flexibility index (Phi) is 5.82. The summed E-state index contributed by atoms with van der Waals surface area (Å²) < 4.78 is 41.6. The van der Waals surface area contributed by atoms with Gasteiger partial charge in [-0.2, -0.15) is 0 Å². The summed E-state index contributed by atoms with van der Waals surface area (Å²) in [4.78, 5) is 11.2. The molecule has 0 radical (unpaired) electrons. The van der Waals surface area contributed by atoms with Crippen LogP contribution >= 0.6 is 0 Å². The number of primary sulfonamides is 1. The first-order valence-electron chi connectivity index (χ1n) is 6.35.